The number of aromatic nitrogens is 1. The van der Waals surface area contributed by atoms with E-state index in [0.29, 0.717) is 17.3 Å². The minimum Gasteiger partial charge on any atom is -0.480 e. The van der Waals surface area contributed by atoms with Crippen LogP contribution < -0.4 is 0 Å². The molecule has 2 aromatic heterocycles. The van der Waals surface area contributed by atoms with E-state index in [1.807, 2.05) is 40.6 Å². The van der Waals surface area contributed by atoms with Crippen molar-refractivity contribution in [3.8, 4) is 0 Å². The van der Waals surface area contributed by atoms with Gasteiger partial charge in [-0.1, -0.05) is 48.2 Å². The molecule has 1 unspecified atom stereocenters. The van der Waals surface area contributed by atoms with Crippen molar-refractivity contribution in [3.63, 3.8) is 0 Å². The lowest BCUT2D eigenvalue weighted by Gasteiger charge is -2.34. The first-order chi connectivity index (χ1) is 12.1. The zero-order valence-corrected chi connectivity index (χ0v) is 15.7. The fraction of sp³-hybridized carbons (Fsp3) is 0.222. The lowest BCUT2D eigenvalue weighted by atomic mass is 9.97. The summed E-state index contributed by atoms with van der Waals surface area (Å²) in [5.41, 5.74) is 3.22. The predicted octanol–water partition coefficient (Wildman–Crippen LogP) is 4.26. The number of para-hydroxylation sites is 1. The molecule has 4 rings (SSSR count). The third-order valence-corrected chi connectivity index (χ3v) is 7.03. The highest BCUT2D eigenvalue weighted by Gasteiger charge is 2.34. The summed E-state index contributed by atoms with van der Waals surface area (Å²) in [5, 5.41) is 12.9. The third-order valence-electron chi connectivity index (χ3n) is 4.44. The van der Waals surface area contributed by atoms with Crippen LogP contribution in [0.4, 0.5) is 0 Å². The first-order valence-corrected chi connectivity index (χ1v) is 10.2. The van der Waals surface area contributed by atoms with Gasteiger partial charge in [0.25, 0.3) is 0 Å². The van der Waals surface area contributed by atoms with Gasteiger partial charge in [0.15, 0.2) is 0 Å². The van der Waals surface area contributed by atoms with Crippen molar-refractivity contribution in [3.05, 3.63) is 57.9 Å². The molecule has 1 aromatic carbocycles. The maximum atomic E-state index is 11.9. The molecule has 0 radical (unpaired) electrons. The number of rotatable bonds is 3. The summed E-state index contributed by atoms with van der Waals surface area (Å²) < 4.78 is 0.644. The number of carbonyl (C=O) groups is 1. The highest BCUT2D eigenvalue weighted by Crippen LogP contribution is 2.32. The molecule has 3 aromatic rings. The molecule has 0 saturated heterocycles. The van der Waals surface area contributed by atoms with Gasteiger partial charge >= 0.3 is 5.97 Å². The van der Waals surface area contributed by atoms with Gasteiger partial charge in [-0.3, -0.25) is 0 Å². The zero-order valence-electron chi connectivity index (χ0n) is 13.3. The molecule has 1 aliphatic rings. The van der Waals surface area contributed by atoms with E-state index in [-0.39, 0.29) is 0 Å². The van der Waals surface area contributed by atoms with Crippen molar-refractivity contribution in [2.75, 3.05) is 0 Å². The minimum atomic E-state index is -0.824. The Kier molecular flexibility index (Phi) is 4.54. The van der Waals surface area contributed by atoms with Crippen molar-refractivity contribution >= 4 is 56.5 Å². The number of benzene rings is 1. The normalized spacial score (nSPS) is 16.8. The number of hydrogen-bond acceptors (Lipinski definition) is 4. The number of carboxylic acid groups (broad SMARTS) is 1. The van der Waals surface area contributed by atoms with Crippen LogP contribution in [0.15, 0.2) is 41.8 Å². The van der Waals surface area contributed by atoms with Crippen LogP contribution in [0, 0.1) is 0 Å². The summed E-state index contributed by atoms with van der Waals surface area (Å²) >= 11 is 8.79. The van der Waals surface area contributed by atoms with Crippen molar-refractivity contribution in [2.45, 2.75) is 24.8 Å². The van der Waals surface area contributed by atoms with Crippen LogP contribution in [0.3, 0.4) is 0 Å². The average molecular weight is 389 g/mol. The standard InChI is InChI=1S/C18H16N2O2S3/c21-17(22)16-8-13-12-5-1-2-6-14(12)19-15(13)9-20(16)18(23)25-10-11-4-3-7-24-11/h1-7,16,19H,8-10H2,(H,21,22). The summed E-state index contributed by atoms with van der Waals surface area (Å²) in [6.07, 6.45) is 0.467. The number of thioether (sulfide) groups is 1. The SMILES string of the molecule is O=C(O)C1Cc2c([nH]c3ccccc23)CN1C(=S)SCc1cccs1. The summed E-state index contributed by atoms with van der Waals surface area (Å²) in [6, 6.07) is 11.5. The topological polar surface area (TPSA) is 56.3 Å². The lowest BCUT2D eigenvalue weighted by molar-refractivity contribution is -0.142. The van der Waals surface area contributed by atoms with Gasteiger partial charge in [0.2, 0.25) is 0 Å². The van der Waals surface area contributed by atoms with E-state index in [4.69, 9.17) is 12.2 Å². The second kappa shape index (κ2) is 6.82. The van der Waals surface area contributed by atoms with Crippen molar-refractivity contribution < 1.29 is 9.90 Å². The fourth-order valence-corrected chi connectivity index (χ4v) is 5.26. The Morgan fingerprint density at radius 3 is 2.96 bits per heavy atom. The molecule has 128 valence electrons. The van der Waals surface area contributed by atoms with E-state index < -0.39 is 12.0 Å². The number of hydrogen-bond donors (Lipinski definition) is 2. The van der Waals surface area contributed by atoms with Gasteiger partial charge in [0, 0.05) is 33.6 Å². The van der Waals surface area contributed by atoms with Gasteiger partial charge in [0.1, 0.15) is 10.4 Å². The number of fused-ring (bicyclic) bond motifs is 3. The number of H-pyrrole nitrogens is 1. The van der Waals surface area contributed by atoms with Gasteiger partial charge in [-0.2, -0.15) is 0 Å². The molecule has 4 nitrogen and oxygen atoms in total. The van der Waals surface area contributed by atoms with E-state index in [0.717, 1.165) is 27.9 Å². The Bertz CT molecular complexity index is 933. The number of nitrogens with zero attached hydrogens (tertiary/aromatic N) is 1. The number of aromatic amines is 1. The quantitative estimate of drug-likeness (QED) is 0.657. The Morgan fingerprint density at radius 2 is 2.20 bits per heavy atom. The molecule has 0 bridgehead atoms. The third kappa shape index (κ3) is 3.19. The summed E-state index contributed by atoms with van der Waals surface area (Å²) in [7, 11) is 0. The Hall–Kier alpha value is -1.83. The molecule has 0 saturated carbocycles. The highest BCUT2D eigenvalue weighted by molar-refractivity contribution is 8.22. The molecule has 0 aliphatic carbocycles. The van der Waals surface area contributed by atoms with Crippen molar-refractivity contribution in [2.24, 2.45) is 0 Å². The molecule has 1 aliphatic heterocycles. The summed E-state index contributed by atoms with van der Waals surface area (Å²) in [4.78, 5) is 18.4. The van der Waals surface area contributed by atoms with E-state index in [9.17, 15) is 9.90 Å². The van der Waals surface area contributed by atoms with Crippen LogP contribution >= 0.6 is 35.3 Å². The van der Waals surface area contributed by atoms with Crippen LogP contribution in [0.1, 0.15) is 16.1 Å². The second-order valence-corrected chi connectivity index (χ2v) is 8.59. The van der Waals surface area contributed by atoms with Crippen LogP contribution in [0.5, 0.6) is 0 Å². The van der Waals surface area contributed by atoms with Crippen LogP contribution in [0.25, 0.3) is 10.9 Å². The van der Waals surface area contributed by atoms with Gasteiger partial charge in [0.05, 0.1) is 6.54 Å². The largest absolute Gasteiger partial charge is 0.480 e. The molecule has 7 heteroatoms. The monoisotopic (exact) mass is 388 g/mol. The van der Waals surface area contributed by atoms with Crippen LogP contribution in [0.2, 0.25) is 0 Å². The smallest absolute Gasteiger partial charge is 0.326 e. The average Bonchev–Trinajstić information content (AvgIpc) is 3.25. The summed E-state index contributed by atoms with van der Waals surface area (Å²) in [5.74, 6) is -0.0474. The minimum absolute atomic E-state index is 0.467. The molecule has 0 fully saturated rings. The van der Waals surface area contributed by atoms with Gasteiger partial charge in [-0.05, 0) is 23.1 Å². The maximum absolute atomic E-state index is 11.9. The molecular formula is C18H16N2O2S3. The molecular weight excluding hydrogens is 372 g/mol. The molecule has 3 heterocycles. The number of carboxylic acids is 1. The Labute approximate surface area is 158 Å². The molecule has 0 spiro atoms. The second-order valence-electron chi connectivity index (χ2n) is 5.95. The van der Waals surface area contributed by atoms with E-state index >= 15 is 0 Å². The number of thiocarbonyl (C=S) groups is 1. The molecule has 25 heavy (non-hydrogen) atoms. The van der Waals surface area contributed by atoms with E-state index in [1.165, 1.54) is 16.6 Å². The van der Waals surface area contributed by atoms with Crippen LogP contribution in [-0.2, 0) is 23.5 Å². The Balaban J connectivity index is 1.60. The van der Waals surface area contributed by atoms with Crippen molar-refractivity contribution in [1.82, 2.24) is 9.88 Å². The highest BCUT2D eigenvalue weighted by atomic mass is 32.2. The van der Waals surface area contributed by atoms with Crippen LogP contribution in [-0.4, -0.2) is 31.3 Å². The van der Waals surface area contributed by atoms with Gasteiger partial charge < -0.3 is 15.0 Å². The predicted molar refractivity (Wildman–Crippen MR) is 107 cm³/mol. The molecule has 2 N–H and O–H groups in total. The summed E-state index contributed by atoms with van der Waals surface area (Å²) in [6.45, 7) is 0.511. The lowest BCUT2D eigenvalue weighted by Crippen LogP contribution is -2.47. The van der Waals surface area contributed by atoms with E-state index in [2.05, 4.69) is 11.1 Å². The molecule has 0 amide bonds. The van der Waals surface area contributed by atoms with E-state index in [1.54, 1.807) is 11.3 Å². The van der Waals surface area contributed by atoms with Gasteiger partial charge in [-0.25, -0.2) is 4.79 Å². The Morgan fingerprint density at radius 1 is 1.36 bits per heavy atom. The fourth-order valence-electron chi connectivity index (χ4n) is 3.23. The molecule has 1 atom stereocenters. The number of aliphatic carboxylic acids is 1. The first-order valence-electron chi connectivity index (χ1n) is 7.90. The first kappa shape index (κ1) is 16.6. The van der Waals surface area contributed by atoms with Gasteiger partial charge in [-0.15, -0.1) is 11.3 Å². The number of nitrogens with one attached hydrogen (secondary N) is 1. The number of thiophene rings is 1. The zero-order chi connectivity index (χ0) is 17.4. The maximum Gasteiger partial charge on any atom is 0.326 e. The van der Waals surface area contributed by atoms with Crippen molar-refractivity contribution in [1.29, 1.82) is 0 Å².